The van der Waals surface area contributed by atoms with Crippen LogP contribution in [0.5, 0.6) is 5.75 Å². The first-order valence-electron chi connectivity index (χ1n) is 12.1. The van der Waals surface area contributed by atoms with Gasteiger partial charge in [-0.15, -0.1) is 6.42 Å². The number of anilines is 1. The Morgan fingerprint density at radius 2 is 2.10 bits per heavy atom. The summed E-state index contributed by atoms with van der Waals surface area (Å²) < 4.78 is 24.3. The summed E-state index contributed by atoms with van der Waals surface area (Å²) in [6, 6.07) is 7.65. The predicted octanol–water partition coefficient (Wildman–Crippen LogP) is 0.574. The van der Waals surface area contributed by atoms with Crippen LogP contribution in [0.25, 0.3) is 11.2 Å². The second-order valence-electron chi connectivity index (χ2n) is 9.25. The highest BCUT2D eigenvalue weighted by Crippen LogP contribution is 2.47. The van der Waals surface area contributed by atoms with E-state index >= 15 is 0 Å². The van der Waals surface area contributed by atoms with Crippen LogP contribution in [0.4, 0.5) is 5.95 Å². The van der Waals surface area contributed by atoms with Crippen molar-refractivity contribution in [2.75, 3.05) is 12.3 Å². The van der Waals surface area contributed by atoms with Crippen molar-refractivity contribution in [3.05, 3.63) is 47.0 Å². The topological polar surface area (TPSA) is 196 Å². The Morgan fingerprint density at radius 1 is 1.40 bits per heavy atom. The molecule has 2 aromatic heterocycles. The maximum absolute atomic E-state index is 12.5. The molecule has 2 unspecified atom stereocenters. The van der Waals surface area contributed by atoms with E-state index < -0.39 is 54.9 Å². The van der Waals surface area contributed by atoms with Gasteiger partial charge in [-0.05, 0) is 44.7 Å². The number of para-hydroxylation sites is 1. The van der Waals surface area contributed by atoms with Crippen molar-refractivity contribution in [3.63, 3.8) is 0 Å². The number of rotatable bonds is 10. The summed E-state index contributed by atoms with van der Waals surface area (Å²) in [4.78, 5) is 35.1. The molecule has 1 aromatic carbocycles. The standard InChI is InChI=1S/C24H29N6O8PS/c1-5-24(34)18(31)16(37-22(24)30-12-26-17-19(30)27-23(25)28-20(17)32)11-35-39(40,38-15-9-7-6-8-10-15)29-14(4)21(33)36-13(2)3/h1,6-10,12-14,16,18,22,31,34H,11H2,2-4H3,(H,29,40)(H3,25,27,28,32)/t14?,16-,18-,22-,24-,39?/m1/s1. The fourth-order valence-corrected chi connectivity index (χ4v) is 6.38. The minimum absolute atomic E-state index is 0.0228. The SMILES string of the molecule is C#C[C@@]1(O)[C@H](O)[C@@H](COP(=S)(NC(C)C(=O)OC(C)C)Oc2ccccc2)O[C@H]1n1cnc2c(=O)[nH]c(N)nc21. The average molecular weight is 593 g/mol. The highest BCUT2D eigenvalue weighted by molar-refractivity contribution is 8.09. The molecule has 14 nitrogen and oxygen atoms in total. The minimum atomic E-state index is -3.49. The lowest BCUT2D eigenvalue weighted by molar-refractivity contribution is -0.149. The molecule has 214 valence electrons. The third-order valence-corrected chi connectivity index (χ3v) is 8.35. The molecule has 0 amide bonds. The first-order valence-corrected chi connectivity index (χ1v) is 14.7. The lowest BCUT2D eigenvalue weighted by Gasteiger charge is -2.28. The Labute approximate surface area is 234 Å². The van der Waals surface area contributed by atoms with Crippen LogP contribution >= 0.6 is 6.64 Å². The van der Waals surface area contributed by atoms with Gasteiger partial charge < -0.3 is 34.5 Å². The molecule has 1 fully saturated rings. The summed E-state index contributed by atoms with van der Waals surface area (Å²) in [7, 11) is 0. The van der Waals surface area contributed by atoms with Crippen LogP contribution in [0.1, 0.15) is 27.0 Å². The van der Waals surface area contributed by atoms with E-state index in [-0.39, 0.29) is 23.2 Å². The summed E-state index contributed by atoms with van der Waals surface area (Å²) in [6.45, 7) is 1.07. The van der Waals surface area contributed by atoms with Crippen LogP contribution in [-0.2, 0) is 30.6 Å². The molecule has 3 aromatic rings. The number of nitrogens with zero attached hydrogens (tertiary/aromatic N) is 3. The first kappa shape index (κ1) is 29.6. The van der Waals surface area contributed by atoms with Gasteiger partial charge in [-0.1, -0.05) is 24.1 Å². The Kier molecular flexibility index (Phi) is 8.62. The molecule has 6 atom stereocenters. The van der Waals surface area contributed by atoms with Gasteiger partial charge in [0, 0.05) is 0 Å². The van der Waals surface area contributed by atoms with E-state index in [9.17, 15) is 19.8 Å². The van der Waals surface area contributed by atoms with Crippen LogP contribution in [-0.4, -0.2) is 72.3 Å². The number of benzene rings is 1. The zero-order valence-corrected chi connectivity index (χ0v) is 23.5. The number of H-pyrrole nitrogens is 1. The van der Waals surface area contributed by atoms with Crippen LogP contribution < -0.4 is 20.9 Å². The third-order valence-electron chi connectivity index (χ3n) is 5.85. The van der Waals surface area contributed by atoms with Crippen LogP contribution in [0.3, 0.4) is 0 Å². The summed E-state index contributed by atoms with van der Waals surface area (Å²) in [5.74, 6) is 1.76. The Hall–Kier alpha value is -3.35. The molecule has 0 saturated carbocycles. The minimum Gasteiger partial charge on any atom is -0.462 e. The number of carbonyl (C=O) groups excluding carboxylic acids is 1. The lowest BCUT2D eigenvalue weighted by Crippen LogP contribution is -2.46. The predicted molar refractivity (Wildman–Crippen MR) is 147 cm³/mol. The number of carbonyl (C=O) groups is 1. The van der Waals surface area contributed by atoms with Crippen molar-refractivity contribution in [3.8, 4) is 18.1 Å². The van der Waals surface area contributed by atoms with E-state index in [1.54, 1.807) is 51.1 Å². The van der Waals surface area contributed by atoms with Gasteiger partial charge in [-0.25, -0.2) is 10.1 Å². The molecule has 1 aliphatic rings. The fourth-order valence-electron chi connectivity index (χ4n) is 3.96. The number of hydrogen-bond acceptors (Lipinski definition) is 12. The number of hydrogen-bond donors (Lipinski definition) is 5. The molecule has 1 aliphatic heterocycles. The number of aliphatic hydroxyl groups excluding tert-OH is 1. The zero-order valence-electron chi connectivity index (χ0n) is 21.8. The van der Waals surface area contributed by atoms with Gasteiger partial charge in [-0.2, -0.15) is 4.98 Å². The van der Waals surface area contributed by atoms with Crippen molar-refractivity contribution in [1.82, 2.24) is 24.6 Å². The smallest absolute Gasteiger partial charge is 0.323 e. The van der Waals surface area contributed by atoms with E-state index in [1.165, 1.54) is 10.9 Å². The molecule has 0 radical (unpaired) electrons. The molecule has 6 N–H and O–H groups in total. The summed E-state index contributed by atoms with van der Waals surface area (Å²) in [6.07, 6.45) is 2.10. The largest absolute Gasteiger partial charge is 0.462 e. The number of imidazole rings is 1. The molecule has 0 aliphatic carbocycles. The van der Waals surface area contributed by atoms with Crippen molar-refractivity contribution < 1.29 is 33.5 Å². The number of aromatic nitrogens is 4. The van der Waals surface area contributed by atoms with E-state index in [2.05, 4.69) is 26.0 Å². The monoisotopic (exact) mass is 592 g/mol. The maximum atomic E-state index is 12.5. The van der Waals surface area contributed by atoms with Crippen molar-refractivity contribution in [2.24, 2.45) is 0 Å². The number of esters is 1. The molecule has 1 saturated heterocycles. The number of aromatic amines is 1. The molecule has 0 bridgehead atoms. The second-order valence-corrected chi connectivity index (χ2v) is 12.4. The van der Waals surface area contributed by atoms with E-state index in [1.807, 2.05) is 0 Å². The zero-order chi connectivity index (χ0) is 29.2. The molecule has 40 heavy (non-hydrogen) atoms. The van der Waals surface area contributed by atoms with E-state index in [0.717, 1.165) is 0 Å². The summed E-state index contributed by atoms with van der Waals surface area (Å²) >= 11 is 5.68. The van der Waals surface area contributed by atoms with E-state index in [0.29, 0.717) is 5.75 Å². The number of ether oxygens (including phenoxy) is 2. The molecule has 16 heteroatoms. The summed E-state index contributed by atoms with van der Waals surface area (Å²) in [5.41, 5.74) is 2.67. The quantitative estimate of drug-likeness (QED) is 0.125. The molecule has 0 spiro atoms. The van der Waals surface area contributed by atoms with Crippen LogP contribution in [0.2, 0.25) is 0 Å². The lowest BCUT2D eigenvalue weighted by atomic mass is 9.95. The fraction of sp³-hybridized carbons (Fsp3) is 0.417. The van der Waals surface area contributed by atoms with Crippen LogP contribution in [0, 0.1) is 12.3 Å². The van der Waals surface area contributed by atoms with Gasteiger partial charge in [-0.3, -0.25) is 19.1 Å². The van der Waals surface area contributed by atoms with Gasteiger partial charge in [0.25, 0.3) is 5.56 Å². The van der Waals surface area contributed by atoms with Gasteiger partial charge in [0.1, 0.15) is 24.0 Å². The number of nitrogens with two attached hydrogens (primary N) is 1. The highest BCUT2D eigenvalue weighted by atomic mass is 32.5. The van der Waals surface area contributed by atoms with Crippen molar-refractivity contribution in [2.45, 2.75) is 57.0 Å². The van der Waals surface area contributed by atoms with Gasteiger partial charge in [0.2, 0.25) is 5.95 Å². The summed E-state index contributed by atoms with van der Waals surface area (Å²) in [5, 5.41) is 25.1. The highest BCUT2D eigenvalue weighted by Gasteiger charge is 2.56. The van der Waals surface area contributed by atoms with Crippen molar-refractivity contribution >= 4 is 41.5 Å². The maximum Gasteiger partial charge on any atom is 0.323 e. The molecule has 4 rings (SSSR count). The van der Waals surface area contributed by atoms with Gasteiger partial charge >= 0.3 is 12.6 Å². The number of nitrogens with one attached hydrogen (secondary N) is 2. The van der Waals surface area contributed by atoms with Crippen molar-refractivity contribution in [1.29, 1.82) is 0 Å². The normalized spacial score (nSPS) is 24.9. The molecular formula is C24H29N6O8PS. The Balaban J connectivity index is 1.59. The van der Waals surface area contributed by atoms with Gasteiger partial charge in [0.05, 0.1) is 19.0 Å². The first-order chi connectivity index (χ1) is 18.9. The average Bonchev–Trinajstić information content (AvgIpc) is 3.42. The molecule has 3 heterocycles. The second kappa shape index (κ2) is 11.6. The van der Waals surface area contributed by atoms with E-state index in [4.69, 9.17) is 42.5 Å². The number of nitrogen functional groups attached to an aromatic ring is 1. The third kappa shape index (κ3) is 6.03. The Morgan fingerprint density at radius 3 is 2.75 bits per heavy atom. The number of fused-ring (bicyclic) bond motifs is 1. The van der Waals surface area contributed by atoms with Crippen LogP contribution in [0.15, 0.2) is 41.5 Å². The number of aliphatic hydroxyl groups is 2. The molecular weight excluding hydrogens is 563 g/mol. The number of terminal acetylenes is 1. The van der Waals surface area contributed by atoms with Gasteiger partial charge in [0.15, 0.2) is 23.0 Å². The Bertz CT molecular complexity index is 1530.